The van der Waals surface area contributed by atoms with Crippen LogP contribution in [-0.2, 0) is 0 Å². The third-order valence-corrected chi connectivity index (χ3v) is 0.624. The molecular weight excluding hydrogens is 170 g/mol. The van der Waals surface area contributed by atoms with Crippen molar-refractivity contribution in [3.05, 3.63) is 0 Å². The van der Waals surface area contributed by atoms with Crippen LogP contribution in [-0.4, -0.2) is 25.4 Å². The van der Waals surface area contributed by atoms with E-state index in [1.807, 2.05) is 11.4 Å². The van der Waals surface area contributed by atoms with Gasteiger partial charge in [0, 0.05) is 0 Å². The molecule has 0 amide bonds. The molecule has 5 heteroatoms. The molecule has 0 aliphatic carbocycles. The van der Waals surface area contributed by atoms with E-state index in [0.717, 1.165) is 0 Å². The first-order chi connectivity index (χ1) is 2.41. The van der Waals surface area contributed by atoms with Crippen molar-refractivity contribution in [3.8, 4) is 0 Å². The Labute approximate surface area is 48.0 Å². The molecule has 5 heavy (non-hydrogen) atoms. The zero-order chi connectivity index (χ0) is 4.12. The first-order valence-corrected chi connectivity index (χ1v) is 2.54. The fraction of sp³-hybridized carbons (Fsp3) is 0. The molecule has 0 spiro atoms. The molecule has 0 aromatic carbocycles. The topological polar surface area (TPSA) is 0 Å². The van der Waals surface area contributed by atoms with E-state index in [-0.39, 0.29) is 0 Å². The van der Waals surface area contributed by atoms with Gasteiger partial charge in [0.15, 0.2) is 0 Å². The van der Waals surface area contributed by atoms with Gasteiger partial charge >= 0.3 is 47.8 Å². The van der Waals surface area contributed by atoms with Crippen molar-refractivity contribution in [3.63, 3.8) is 0 Å². The summed E-state index contributed by atoms with van der Waals surface area (Å²) < 4.78 is 1.91. The van der Waals surface area contributed by atoms with Crippen molar-refractivity contribution in [2.24, 2.45) is 0 Å². The third-order valence-electron chi connectivity index (χ3n) is 0.209. The molecule has 0 heterocycles. The number of hydrogen-bond acceptors (Lipinski definition) is 0. The van der Waals surface area contributed by atoms with Gasteiger partial charge in [0.2, 0.25) is 0 Å². The Morgan fingerprint density at radius 2 is 2.20 bits per heavy atom. The van der Waals surface area contributed by atoms with Crippen molar-refractivity contribution >= 4 is 47.8 Å². The Morgan fingerprint density at radius 1 is 1.60 bits per heavy atom. The van der Waals surface area contributed by atoms with Gasteiger partial charge in [0.1, 0.15) is 0 Å². The fourth-order valence-electron chi connectivity index (χ4n) is 0.0514. The Bertz CT molecular complexity index is 45.6. The molecule has 0 radical (unpaired) electrons. The van der Waals surface area contributed by atoms with Crippen LogP contribution in [0.1, 0.15) is 0 Å². The third kappa shape index (κ3) is 4.99. The van der Waals surface area contributed by atoms with E-state index in [1.165, 1.54) is 0 Å². The Hall–Kier alpha value is 0.990. The second kappa shape index (κ2) is 4.99. The van der Waals surface area contributed by atoms with Crippen LogP contribution in [0.15, 0.2) is 0 Å². The number of rotatable bonds is 1. The quantitative estimate of drug-likeness (QED) is 0.354. The Balaban J connectivity index is 2.92. The molecule has 0 aliphatic rings. The summed E-state index contributed by atoms with van der Waals surface area (Å²) in [5.74, 6) is 0. The van der Waals surface area contributed by atoms with Gasteiger partial charge in [0.05, 0.1) is 0 Å². The molecule has 0 aliphatic heterocycles. The normalized spacial score (nSPS) is 4.80. The van der Waals surface area contributed by atoms with Gasteiger partial charge in [-0.25, -0.2) is 0 Å². The summed E-state index contributed by atoms with van der Waals surface area (Å²) in [5, 5.41) is 0. The van der Waals surface area contributed by atoms with Gasteiger partial charge in [-0.3, -0.25) is 0 Å². The van der Waals surface area contributed by atoms with Crippen LogP contribution in [0.4, 0.5) is 0 Å². The maximum atomic E-state index is 3.46. The number of halogens is 1. The second-order valence-electron chi connectivity index (χ2n) is 0.554. The van der Waals surface area contributed by atoms with E-state index < -0.39 is 0 Å². The van der Waals surface area contributed by atoms with Gasteiger partial charge < -0.3 is 0 Å². The van der Waals surface area contributed by atoms with Crippen LogP contribution in [0.25, 0.3) is 0 Å². The van der Waals surface area contributed by atoms with Gasteiger partial charge in [-0.05, 0) is 0 Å². The number of hydrogen-bond donors (Lipinski definition) is 0. The van der Waals surface area contributed by atoms with Crippen LogP contribution in [0, 0.1) is 0 Å². The zero-order valence-corrected chi connectivity index (χ0v) is 4.97. The van der Waals surface area contributed by atoms with Crippen molar-refractivity contribution in [2.45, 2.75) is 0 Å². The molecular formula is HB4I. The molecule has 0 atom stereocenters. The molecule has 0 nitrogen and oxygen atoms in total. The summed E-state index contributed by atoms with van der Waals surface area (Å²) in [4.78, 5) is 0. The van der Waals surface area contributed by atoms with E-state index >= 15 is 0 Å². The second-order valence-corrected chi connectivity index (χ2v) is 1.27. The van der Waals surface area contributed by atoms with Gasteiger partial charge in [0.25, 0.3) is 0 Å². The van der Waals surface area contributed by atoms with Crippen LogP contribution >= 0.6 is 22.4 Å². The first kappa shape index (κ1) is 5.99. The standard InChI is InChI=1S/B4HI/c1-2-3-4-5/h1H. The first-order valence-electron chi connectivity index (χ1n) is 1.29. The fourth-order valence-corrected chi connectivity index (χ4v) is 0.345. The van der Waals surface area contributed by atoms with E-state index in [4.69, 9.17) is 0 Å². The van der Waals surface area contributed by atoms with Gasteiger partial charge in [-0.2, -0.15) is 0 Å². The molecule has 0 fully saturated rings. The summed E-state index contributed by atoms with van der Waals surface area (Å²) in [6.07, 6.45) is 0. The minimum atomic E-state index is 1.74. The monoisotopic (exact) mass is 172 g/mol. The molecule has 0 bridgehead atoms. The van der Waals surface area contributed by atoms with E-state index in [2.05, 4.69) is 29.7 Å². The Morgan fingerprint density at radius 3 is 2.20 bits per heavy atom. The molecule has 0 aromatic rings. The molecule has 0 saturated carbocycles. The van der Waals surface area contributed by atoms with E-state index in [0.29, 0.717) is 0 Å². The summed E-state index contributed by atoms with van der Waals surface area (Å²) in [5.41, 5.74) is 0. The average molecular weight is 171 g/mol. The predicted molar refractivity (Wildman–Crippen MR) is 38.4 cm³/mol. The SMILES string of the molecule is B=BB=BI. The molecule has 0 N–H and O–H groups in total. The van der Waals surface area contributed by atoms with E-state index in [9.17, 15) is 0 Å². The van der Waals surface area contributed by atoms with Crippen LogP contribution < -0.4 is 0 Å². The van der Waals surface area contributed by atoms with Gasteiger partial charge in [-0.15, -0.1) is 0 Å². The van der Waals surface area contributed by atoms with Crippen molar-refractivity contribution in [1.29, 1.82) is 0 Å². The molecule has 0 aromatic heterocycles. The minimum absolute atomic E-state index is 1.74. The van der Waals surface area contributed by atoms with E-state index in [1.54, 1.807) is 6.69 Å². The molecule has 0 unspecified atom stereocenters. The summed E-state index contributed by atoms with van der Waals surface area (Å²) in [7, 11) is 3.46. The van der Waals surface area contributed by atoms with Crippen LogP contribution in [0.5, 0.6) is 0 Å². The summed E-state index contributed by atoms with van der Waals surface area (Å²) >= 11 is 2.14. The average Bonchev–Trinajstić information content (AvgIpc) is 1.41. The van der Waals surface area contributed by atoms with Crippen LogP contribution in [0.3, 0.4) is 0 Å². The molecule has 0 saturated heterocycles. The molecule has 20 valence electrons. The summed E-state index contributed by atoms with van der Waals surface area (Å²) in [6, 6.07) is 0. The summed E-state index contributed by atoms with van der Waals surface area (Å²) in [6.45, 7) is 3.62. The van der Waals surface area contributed by atoms with Gasteiger partial charge in [-0.1, -0.05) is 0 Å². The Kier molecular flexibility index (Phi) is 5.98. The zero-order valence-electron chi connectivity index (χ0n) is 2.82. The molecule has 0 rings (SSSR count). The van der Waals surface area contributed by atoms with Crippen molar-refractivity contribution in [2.75, 3.05) is 0 Å². The van der Waals surface area contributed by atoms with Crippen molar-refractivity contribution < 1.29 is 0 Å². The van der Waals surface area contributed by atoms with Crippen molar-refractivity contribution in [1.82, 2.24) is 0 Å². The maximum absolute atomic E-state index is 3.46. The predicted octanol–water partition coefficient (Wildman–Crippen LogP) is -0.905. The van der Waals surface area contributed by atoms with Crippen LogP contribution in [0.2, 0.25) is 0 Å².